The van der Waals surface area contributed by atoms with Gasteiger partial charge in [0, 0.05) is 22.2 Å². The average molecular weight is 577 g/mol. The Balaban J connectivity index is 1.39. The van der Waals surface area contributed by atoms with E-state index in [-0.39, 0.29) is 0 Å². The Morgan fingerprint density at radius 1 is 1.00 bits per heavy atom. The molecule has 0 amide bonds. The van der Waals surface area contributed by atoms with E-state index < -0.39 is 23.9 Å². The first-order valence-corrected chi connectivity index (χ1v) is 19.4. The third-order valence-electron chi connectivity index (χ3n) is 9.07. The van der Waals surface area contributed by atoms with Crippen LogP contribution in [0, 0.1) is 0 Å². The van der Waals surface area contributed by atoms with Gasteiger partial charge in [0.25, 0.3) is 6.47 Å². The highest BCUT2D eigenvalue weighted by molar-refractivity contribution is 8.20. The molecule has 0 fully saturated rings. The molecule has 2 N–H and O–H groups in total. The highest BCUT2D eigenvalue weighted by Gasteiger charge is 2.41. The molecule has 0 radical (unpaired) electrons. The summed E-state index contributed by atoms with van der Waals surface area (Å²) in [5, 5.41) is 8.03. The number of nitrogens with zero attached hydrogens (tertiary/aromatic N) is 1. The zero-order chi connectivity index (χ0) is 28.5. The van der Waals surface area contributed by atoms with Gasteiger partial charge in [0.05, 0.1) is 18.6 Å². The molecule has 1 aliphatic heterocycles. The Kier molecular flexibility index (Phi) is 6.07. The highest BCUT2D eigenvalue weighted by atomic mass is 32.2. The Morgan fingerprint density at radius 2 is 1.85 bits per heavy atom. The molecule has 41 heavy (non-hydrogen) atoms. The monoisotopic (exact) mass is 576 g/mol. The molecule has 0 spiro atoms. The lowest BCUT2D eigenvalue weighted by Crippen LogP contribution is -2.37. The molecule has 2 unspecified atom stereocenters. The van der Waals surface area contributed by atoms with E-state index in [9.17, 15) is 4.79 Å². The molecule has 1 aromatic heterocycles. The van der Waals surface area contributed by atoms with Gasteiger partial charge >= 0.3 is 0 Å². The lowest BCUT2D eigenvalue weighted by Gasteiger charge is -2.37. The lowest BCUT2D eigenvalue weighted by molar-refractivity contribution is -0.135. The van der Waals surface area contributed by atoms with Crippen LogP contribution in [0.2, 0.25) is 19.6 Å². The number of allylic oxidation sites excluding steroid dienone is 4. The van der Waals surface area contributed by atoms with Crippen molar-refractivity contribution in [2.75, 3.05) is 5.73 Å². The first-order chi connectivity index (χ1) is 19.7. The van der Waals surface area contributed by atoms with E-state index in [1.54, 1.807) is 5.57 Å². The van der Waals surface area contributed by atoms with Crippen molar-refractivity contribution in [1.82, 2.24) is 4.98 Å². The lowest BCUT2D eigenvalue weighted by atomic mass is 9.79. The number of carbonyl (C=O) groups excluding carboxylic acids is 1. The topological polar surface area (TPSA) is 65.2 Å². The summed E-state index contributed by atoms with van der Waals surface area (Å²) in [6.07, 6.45) is 11.1. The number of nitrogen functional groups attached to an aromatic ring is 1. The van der Waals surface area contributed by atoms with Crippen LogP contribution in [0.4, 0.5) is 5.69 Å². The minimum Gasteiger partial charge on any atom is -0.447 e. The maximum Gasteiger partial charge on any atom is 0.294 e. The summed E-state index contributed by atoms with van der Waals surface area (Å²) >= 11 is 0. The van der Waals surface area contributed by atoms with Gasteiger partial charge in [-0.15, -0.1) is 10.9 Å². The molecule has 3 aliphatic rings. The predicted molar refractivity (Wildman–Crippen MR) is 177 cm³/mol. The van der Waals surface area contributed by atoms with Crippen molar-refractivity contribution < 1.29 is 9.53 Å². The molecule has 4 nitrogen and oxygen atoms in total. The van der Waals surface area contributed by atoms with Crippen LogP contribution in [-0.4, -0.2) is 19.5 Å². The molecule has 208 valence electrons. The first-order valence-electron chi connectivity index (χ1n) is 14.5. The number of fused-ring (bicyclic) bond motifs is 6. The smallest absolute Gasteiger partial charge is 0.294 e. The van der Waals surface area contributed by atoms with E-state index in [0.717, 1.165) is 63.5 Å². The average Bonchev–Trinajstić information content (AvgIpc) is 3.37. The second kappa shape index (κ2) is 9.46. The summed E-state index contributed by atoms with van der Waals surface area (Å²) in [6.45, 7) is 9.72. The molecule has 0 saturated heterocycles. The quantitative estimate of drug-likeness (QED) is 0.109. The van der Waals surface area contributed by atoms with Crippen LogP contribution in [0.5, 0.6) is 0 Å². The fraction of sp³-hybridized carbons (Fsp3) is 0.257. The van der Waals surface area contributed by atoms with Crippen LogP contribution < -0.4 is 10.9 Å². The van der Waals surface area contributed by atoms with Crippen molar-refractivity contribution in [2.45, 2.75) is 62.2 Å². The summed E-state index contributed by atoms with van der Waals surface area (Å²) in [5.74, 6) is 0. The van der Waals surface area contributed by atoms with E-state index in [4.69, 9.17) is 15.5 Å². The molecular formula is C35H36N2O2SSi. The number of thiol groups is 1. The summed E-state index contributed by atoms with van der Waals surface area (Å²) in [5.41, 5.74) is 15.9. The molecule has 2 heterocycles. The normalized spacial score (nSPS) is 20.0. The van der Waals surface area contributed by atoms with Crippen LogP contribution in [-0.2, 0) is 20.9 Å². The maximum atomic E-state index is 12.1. The van der Waals surface area contributed by atoms with Gasteiger partial charge in [0.1, 0.15) is 0 Å². The number of benzene rings is 3. The summed E-state index contributed by atoms with van der Waals surface area (Å²) in [4.78, 5) is 16.4. The number of hydrogen-bond donors (Lipinski definition) is 2. The SMILES string of the molecule is CC(OC=O)(c1cc(N)cc2c3c(ccc12)C1=C(CCC=C1)CC3)[SH]1C=Cc2cc3cc([Si](C)(C)C)ccc3nc21. The number of carbonyl (C=O) groups is 1. The van der Waals surface area contributed by atoms with Crippen LogP contribution in [0.25, 0.3) is 33.3 Å². The van der Waals surface area contributed by atoms with Gasteiger partial charge in [-0.2, -0.15) is 0 Å². The fourth-order valence-corrected chi connectivity index (χ4v) is 10.4. The van der Waals surface area contributed by atoms with E-state index in [1.165, 1.54) is 21.9 Å². The molecule has 4 aromatic rings. The van der Waals surface area contributed by atoms with Gasteiger partial charge in [-0.3, -0.25) is 4.79 Å². The van der Waals surface area contributed by atoms with Crippen molar-refractivity contribution in [3.8, 4) is 0 Å². The van der Waals surface area contributed by atoms with Crippen molar-refractivity contribution in [3.63, 3.8) is 0 Å². The minimum atomic E-state index is -1.45. The summed E-state index contributed by atoms with van der Waals surface area (Å²) in [7, 11) is -2.56. The van der Waals surface area contributed by atoms with Crippen molar-refractivity contribution in [3.05, 3.63) is 93.9 Å². The number of pyridine rings is 1. The molecule has 0 bridgehead atoms. The van der Waals surface area contributed by atoms with E-state index in [2.05, 4.69) is 85.7 Å². The number of aromatic nitrogens is 1. The standard InChI is InChI=1S/C35H36N2O2SSi/c1-35(39-21-38,40-16-15-23-17-24-18-26(41(2,3)4)10-14-33(24)37-34(23)40)32-20-25(36)19-31-29-11-9-22-7-5-6-8-27(22)28(29)12-13-30(31)32/h6,8,10,12-21,40H,5,7,9,11,36H2,1-4H3. The molecule has 2 aliphatic carbocycles. The fourth-order valence-electron chi connectivity index (χ4n) is 6.83. The van der Waals surface area contributed by atoms with Crippen LogP contribution in [0.3, 0.4) is 0 Å². The van der Waals surface area contributed by atoms with Gasteiger partial charge in [0.15, 0.2) is 4.93 Å². The Morgan fingerprint density at radius 3 is 2.66 bits per heavy atom. The molecule has 6 heteroatoms. The number of rotatable bonds is 5. The maximum absolute atomic E-state index is 12.1. The Labute approximate surface area is 245 Å². The van der Waals surface area contributed by atoms with E-state index >= 15 is 0 Å². The number of anilines is 1. The van der Waals surface area contributed by atoms with Crippen molar-refractivity contribution in [2.24, 2.45) is 0 Å². The van der Waals surface area contributed by atoms with Gasteiger partial charge in [-0.25, -0.2) is 4.98 Å². The first kappa shape index (κ1) is 26.3. The largest absolute Gasteiger partial charge is 0.447 e. The molecule has 3 aromatic carbocycles. The number of nitrogens with two attached hydrogens (primary N) is 1. The summed E-state index contributed by atoms with van der Waals surface area (Å²) < 4.78 is 6.11. The predicted octanol–water partition coefficient (Wildman–Crippen LogP) is 7.96. The van der Waals surface area contributed by atoms with E-state index in [1.807, 2.05) is 13.0 Å². The minimum absolute atomic E-state index is 0.590. The zero-order valence-corrected chi connectivity index (χ0v) is 26.0. The third kappa shape index (κ3) is 4.19. The van der Waals surface area contributed by atoms with E-state index in [0.29, 0.717) is 12.2 Å². The van der Waals surface area contributed by atoms with Crippen molar-refractivity contribution >= 4 is 69.6 Å². The molecule has 7 rings (SSSR count). The number of aryl methyl sites for hydroxylation is 1. The second-order valence-corrected chi connectivity index (χ2v) is 20.0. The zero-order valence-electron chi connectivity index (χ0n) is 24.1. The van der Waals surface area contributed by atoms with Crippen LogP contribution in [0.15, 0.2) is 76.7 Å². The van der Waals surface area contributed by atoms with Crippen LogP contribution in [0.1, 0.15) is 48.4 Å². The van der Waals surface area contributed by atoms with Gasteiger partial charge in [0.2, 0.25) is 0 Å². The highest BCUT2D eigenvalue weighted by Crippen LogP contribution is 2.61. The third-order valence-corrected chi connectivity index (χ3v) is 13.6. The van der Waals surface area contributed by atoms with Gasteiger partial charge in [-0.1, -0.05) is 66.8 Å². The summed E-state index contributed by atoms with van der Waals surface area (Å²) in [6, 6.07) is 17.5. The number of ether oxygens (including phenoxy) is 1. The van der Waals surface area contributed by atoms with Gasteiger partial charge < -0.3 is 10.5 Å². The van der Waals surface area contributed by atoms with Crippen molar-refractivity contribution in [1.29, 1.82) is 0 Å². The molecular weight excluding hydrogens is 541 g/mol. The second-order valence-electron chi connectivity index (χ2n) is 12.7. The Hall–Kier alpha value is -3.61. The number of hydrogen-bond acceptors (Lipinski definition) is 4. The van der Waals surface area contributed by atoms with Crippen LogP contribution >= 0.6 is 10.9 Å². The Bertz CT molecular complexity index is 1870. The molecule has 0 saturated carbocycles. The molecule has 2 atom stereocenters. The van der Waals surface area contributed by atoms with Gasteiger partial charge in [-0.05, 0) is 95.8 Å².